The molecule has 1 atom stereocenters. The lowest BCUT2D eigenvalue weighted by Crippen LogP contribution is -2.30. The first-order valence-corrected chi connectivity index (χ1v) is 8.32. The van der Waals surface area contributed by atoms with Gasteiger partial charge in [-0.2, -0.15) is 0 Å². The van der Waals surface area contributed by atoms with E-state index in [1.807, 2.05) is 45.0 Å². The van der Waals surface area contributed by atoms with Crippen molar-refractivity contribution in [1.82, 2.24) is 20.5 Å². The largest absolute Gasteiger partial charge is 0.351 e. The van der Waals surface area contributed by atoms with Gasteiger partial charge in [0.15, 0.2) is 0 Å². The van der Waals surface area contributed by atoms with Crippen molar-refractivity contribution in [3.63, 3.8) is 0 Å². The quantitative estimate of drug-likeness (QED) is 0.792. The minimum atomic E-state index is -0.261. The highest BCUT2D eigenvalue weighted by atomic mass is 35.5. The summed E-state index contributed by atoms with van der Waals surface area (Å²) in [7, 11) is 0. The molecular weight excluding hydrogens is 320 g/mol. The van der Waals surface area contributed by atoms with Crippen molar-refractivity contribution >= 4 is 29.3 Å². The monoisotopic (exact) mass is 338 g/mol. The van der Waals surface area contributed by atoms with Crippen LogP contribution < -0.4 is 5.32 Å². The molecule has 2 aromatic rings. The summed E-state index contributed by atoms with van der Waals surface area (Å²) >= 11 is 7.17. The van der Waals surface area contributed by atoms with E-state index in [9.17, 15) is 4.79 Å². The Bertz CT molecular complexity index is 627. The molecule has 5 nitrogen and oxygen atoms in total. The van der Waals surface area contributed by atoms with E-state index in [4.69, 9.17) is 11.6 Å². The van der Waals surface area contributed by atoms with Crippen LogP contribution in [0.2, 0.25) is 5.02 Å². The highest BCUT2D eigenvalue weighted by Crippen LogP contribution is 2.21. The molecule has 1 amide bonds. The fourth-order valence-electron chi connectivity index (χ4n) is 1.72. The molecule has 0 aliphatic heterocycles. The van der Waals surface area contributed by atoms with Gasteiger partial charge in [0.1, 0.15) is 5.82 Å². The molecule has 2 rings (SSSR count). The number of aromatic nitrogens is 3. The third kappa shape index (κ3) is 4.74. The van der Waals surface area contributed by atoms with Gasteiger partial charge in [0.05, 0.1) is 5.25 Å². The van der Waals surface area contributed by atoms with Crippen LogP contribution in [0.1, 0.15) is 38.1 Å². The Labute approximate surface area is 139 Å². The summed E-state index contributed by atoms with van der Waals surface area (Å²) < 4.78 is 0. The van der Waals surface area contributed by atoms with Gasteiger partial charge in [-0.3, -0.25) is 9.89 Å². The van der Waals surface area contributed by atoms with E-state index >= 15 is 0 Å². The maximum absolute atomic E-state index is 12.1. The first-order valence-electron chi connectivity index (χ1n) is 7.07. The second kappa shape index (κ2) is 7.65. The lowest BCUT2D eigenvalue weighted by atomic mass is 10.2. The van der Waals surface area contributed by atoms with Crippen LogP contribution in [0.5, 0.6) is 0 Å². The number of amides is 1. The summed E-state index contributed by atoms with van der Waals surface area (Å²) in [6, 6.07) is 7.40. The van der Waals surface area contributed by atoms with Gasteiger partial charge in [-0.25, -0.2) is 4.98 Å². The van der Waals surface area contributed by atoms with Gasteiger partial charge in [-0.05, 0) is 24.6 Å². The fraction of sp³-hybridized carbons (Fsp3) is 0.400. The molecule has 0 saturated heterocycles. The van der Waals surface area contributed by atoms with E-state index in [2.05, 4.69) is 20.5 Å². The number of nitrogens with one attached hydrogen (secondary N) is 2. The average molecular weight is 339 g/mol. The number of carbonyl (C=O) groups excluding carboxylic acids is 1. The van der Waals surface area contributed by atoms with Gasteiger partial charge >= 0.3 is 0 Å². The Hall–Kier alpha value is -1.53. The summed E-state index contributed by atoms with van der Waals surface area (Å²) in [5, 5.41) is 10.9. The predicted molar refractivity (Wildman–Crippen MR) is 89.1 cm³/mol. The number of aromatic amines is 1. The van der Waals surface area contributed by atoms with Gasteiger partial charge in [-0.1, -0.05) is 49.3 Å². The molecule has 7 heteroatoms. The molecule has 0 spiro atoms. The maximum Gasteiger partial charge on any atom is 0.233 e. The number of nitrogens with zero attached hydrogens (tertiary/aromatic N) is 2. The SMILES string of the molecule is CC(C)c1nc(S[C@@H](C)C(=O)NCc2ccc(Cl)cc2)n[nH]1. The standard InChI is InChI=1S/C15H19ClN4OS/c1-9(2)13-18-15(20-19-13)22-10(3)14(21)17-8-11-4-6-12(16)7-5-11/h4-7,9-10H,8H2,1-3H3,(H,17,21)(H,18,19,20)/t10-/m0/s1. The third-order valence-electron chi connectivity index (χ3n) is 3.06. The number of H-pyrrole nitrogens is 1. The van der Waals surface area contributed by atoms with E-state index in [0.717, 1.165) is 11.4 Å². The molecule has 1 heterocycles. The highest BCUT2D eigenvalue weighted by molar-refractivity contribution is 8.00. The van der Waals surface area contributed by atoms with Crippen LogP contribution in [0.25, 0.3) is 0 Å². The Kier molecular flexibility index (Phi) is 5.85. The molecule has 0 saturated carbocycles. The second-order valence-corrected chi connectivity index (χ2v) is 7.01. The van der Waals surface area contributed by atoms with E-state index < -0.39 is 0 Å². The Morgan fingerprint density at radius 3 is 2.59 bits per heavy atom. The van der Waals surface area contributed by atoms with Crippen molar-refractivity contribution in [3.05, 3.63) is 40.7 Å². The van der Waals surface area contributed by atoms with Gasteiger partial charge < -0.3 is 5.32 Å². The molecule has 22 heavy (non-hydrogen) atoms. The zero-order valence-corrected chi connectivity index (χ0v) is 14.3. The fourth-order valence-corrected chi connectivity index (χ4v) is 2.60. The van der Waals surface area contributed by atoms with Gasteiger partial charge in [0.25, 0.3) is 0 Å². The molecule has 1 aromatic carbocycles. The van der Waals surface area contributed by atoms with E-state index in [1.165, 1.54) is 11.8 Å². The smallest absolute Gasteiger partial charge is 0.233 e. The van der Waals surface area contributed by atoms with Crippen LogP contribution in [-0.2, 0) is 11.3 Å². The molecule has 0 radical (unpaired) electrons. The summed E-state index contributed by atoms with van der Waals surface area (Å²) in [5.41, 5.74) is 1.01. The van der Waals surface area contributed by atoms with Crippen molar-refractivity contribution in [3.8, 4) is 0 Å². The summed E-state index contributed by atoms with van der Waals surface area (Å²) in [5.74, 6) is 1.07. The molecule has 2 N–H and O–H groups in total. The molecule has 0 aliphatic carbocycles. The van der Waals surface area contributed by atoms with E-state index in [0.29, 0.717) is 16.7 Å². The minimum absolute atomic E-state index is 0.0455. The number of hydrogen-bond donors (Lipinski definition) is 2. The van der Waals surface area contributed by atoms with Crippen LogP contribution in [-0.4, -0.2) is 26.3 Å². The third-order valence-corrected chi connectivity index (χ3v) is 4.27. The zero-order chi connectivity index (χ0) is 16.1. The van der Waals surface area contributed by atoms with Gasteiger partial charge in [0, 0.05) is 17.5 Å². The first-order chi connectivity index (χ1) is 10.5. The van der Waals surface area contributed by atoms with Crippen molar-refractivity contribution in [2.75, 3.05) is 0 Å². The predicted octanol–water partition coefficient (Wildman–Crippen LogP) is 3.38. The highest BCUT2D eigenvalue weighted by Gasteiger charge is 2.17. The Morgan fingerprint density at radius 2 is 2.00 bits per heavy atom. The van der Waals surface area contributed by atoms with Gasteiger partial charge in [0.2, 0.25) is 11.1 Å². The molecule has 118 valence electrons. The molecule has 0 fully saturated rings. The number of hydrogen-bond acceptors (Lipinski definition) is 4. The lowest BCUT2D eigenvalue weighted by molar-refractivity contribution is -0.120. The zero-order valence-electron chi connectivity index (χ0n) is 12.8. The van der Waals surface area contributed by atoms with Crippen LogP contribution in [0.4, 0.5) is 0 Å². The van der Waals surface area contributed by atoms with E-state index in [1.54, 1.807) is 0 Å². The molecule has 1 aromatic heterocycles. The summed E-state index contributed by atoms with van der Waals surface area (Å²) in [4.78, 5) is 16.5. The second-order valence-electron chi connectivity index (χ2n) is 5.26. The Morgan fingerprint density at radius 1 is 1.32 bits per heavy atom. The van der Waals surface area contributed by atoms with Gasteiger partial charge in [-0.15, -0.1) is 5.10 Å². The van der Waals surface area contributed by atoms with Crippen LogP contribution in [0.15, 0.2) is 29.4 Å². The number of thioether (sulfide) groups is 1. The lowest BCUT2D eigenvalue weighted by Gasteiger charge is -2.10. The van der Waals surface area contributed by atoms with E-state index in [-0.39, 0.29) is 17.1 Å². The molecule has 0 unspecified atom stereocenters. The normalized spacial score (nSPS) is 12.4. The first kappa shape index (κ1) is 16.8. The van der Waals surface area contributed by atoms with Crippen molar-refractivity contribution in [2.24, 2.45) is 0 Å². The number of rotatable bonds is 6. The molecule has 0 aliphatic rings. The minimum Gasteiger partial charge on any atom is -0.351 e. The number of benzene rings is 1. The van der Waals surface area contributed by atoms with Crippen LogP contribution >= 0.6 is 23.4 Å². The summed E-state index contributed by atoms with van der Waals surface area (Å²) in [6.45, 7) is 6.40. The van der Waals surface area contributed by atoms with Crippen molar-refractivity contribution in [2.45, 2.75) is 43.6 Å². The molecule has 0 bridgehead atoms. The average Bonchev–Trinajstić information content (AvgIpc) is 2.95. The van der Waals surface area contributed by atoms with Crippen LogP contribution in [0, 0.1) is 0 Å². The number of carbonyl (C=O) groups is 1. The van der Waals surface area contributed by atoms with Crippen molar-refractivity contribution in [1.29, 1.82) is 0 Å². The van der Waals surface area contributed by atoms with Crippen LogP contribution in [0.3, 0.4) is 0 Å². The number of halogens is 1. The Balaban J connectivity index is 1.84. The molecular formula is C15H19ClN4OS. The maximum atomic E-state index is 12.1. The van der Waals surface area contributed by atoms with Crippen molar-refractivity contribution < 1.29 is 4.79 Å². The summed E-state index contributed by atoms with van der Waals surface area (Å²) in [6.07, 6.45) is 0. The topological polar surface area (TPSA) is 70.7 Å².